The second kappa shape index (κ2) is 11.1. The number of rotatable bonds is 10. The summed E-state index contributed by atoms with van der Waals surface area (Å²) in [6.07, 6.45) is 0. The summed E-state index contributed by atoms with van der Waals surface area (Å²) in [5.41, 5.74) is 2.23. The van der Waals surface area contributed by atoms with E-state index in [1.165, 1.54) is 5.56 Å². The molecule has 2 heterocycles. The van der Waals surface area contributed by atoms with Gasteiger partial charge in [-0.2, -0.15) is 0 Å². The summed E-state index contributed by atoms with van der Waals surface area (Å²) < 4.78 is 0. The minimum absolute atomic E-state index is 0.0774. The van der Waals surface area contributed by atoms with Crippen molar-refractivity contribution in [3.8, 4) is 0 Å². The summed E-state index contributed by atoms with van der Waals surface area (Å²) in [4.78, 5) is 29.1. The number of benzene rings is 1. The number of carbonyl (C=O) groups is 2. The molecule has 2 aromatic heterocycles. The van der Waals surface area contributed by atoms with Crippen molar-refractivity contribution < 1.29 is 9.59 Å². The van der Waals surface area contributed by atoms with Gasteiger partial charge in [-0.3, -0.25) is 14.5 Å². The van der Waals surface area contributed by atoms with Crippen LogP contribution in [0.25, 0.3) is 0 Å². The van der Waals surface area contributed by atoms with Gasteiger partial charge in [0.2, 0.25) is 11.8 Å². The van der Waals surface area contributed by atoms with Crippen LogP contribution in [0.4, 0.5) is 0 Å². The standard InChI is InChI=1S/C23H27N3O2S2/c1-3-26(15-21(27)24-14-19-6-4-12-29-19)16-22(28)25-23(20-7-5-13-30-20)18-10-8-17(2)9-11-18/h4-13,23H,3,14-16H2,1-2H3,(H,24,27)(H,25,28)/t23-/m0/s1. The molecule has 0 aliphatic carbocycles. The first kappa shape index (κ1) is 22.2. The molecule has 3 aromatic rings. The Labute approximate surface area is 185 Å². The van der Waals surface area contributed by atoms with Crippen LogP contribution >= 0.6 is 22.7 Å². The van der Waals surface area contributed by atoms with Crippen molar-refractivity contribution in [2.75, 3.05) is 19.6 Å². The Morgan fingerprint density at radius 1 is 0.967 bits per heavy atom. The van der Waals surface area contributed by atoms with E-state index in [2.05, 4.69) is 34.9 Å². The Morgan fingerprint density at radius 2 is 1.67 bits per heavy atom. The van der Waals surface area contributed by atoms with Gasteiger partial charge in [0.1, 0.15) is 0 Å². The van der Waals surface area contributed by atoms with Crippen molar-refractivity contribution in [2.24, 2.45) is 0 Å². The highest BCUT2D eigenvalue weighted by Gasteiger charge is 2.20. The molecule has 5 nitrogen and oxygen atoms in total. The molecule has 0 aliphatic heterocycles. The second-order valence-electron chi connectivity index (χ2n) is 7.09. The van der Waals surface area contributed by atoms with Gasteiger partial charge in [-0.1, -0.05) is 48.9 Å². The van der Waals surface area contributed by atoms with Crippen LogP contribution in [-0.4, -0.2) is 36.3 Å². The molecule has 7 heteroatoms. The van der Waals surface area contributed by atoms with E-state index >= 15 is 0 Å². The fourth-order valence-electron chi connectivity index (χ4n) is 3.08. The fourth-order valence-corrected chi connectivity index (χ4v) is 4.53. The Hall–Kier alpha value is -2.48. The zero-order valence-corrected chi connectivity index (χ0v) is 18.9. The van der Waals surface area contributed by atoms with Crippen LogP contribution in [-0.2, 0) is 16.1 Å². The molecule has 158 valence electrons. The highest BCUT2D eigenvalue weighted by molar-refractivity contribution is 7.10. The summed E-state index contributed by atoms with van der Waals surface area (Å²) in [6.45, 7) is 5.52. The minimum atomic E-state index is -0.190. The van der Waals surface area contributed by atoms with Crippen molar-refractivity contribution in [1.29, 1.82) is 0 Å². The highest BCUT2D eigenvalue weighted by Crippen LogP contribution is 2.26. The van der Waals surface area contributed by atoms with Gasteiger partial charge in [-0.25, -0.2) is 0 Å². The molecule has 0 unspecified atom stereocenters. The van der Waals surface area contributed by atoms with Gasteiger partial charge in [-0.15, -0.1) is 22.7 Å². The van der Waals surface area contributed by atoms with Crippen molar-refractivity contribution in [1.82, 2.24) is 15.5 Å². The third-order valence-electron chi connectivity index (χ3n) is 4.77. The molecule has 0 bridgehead atoms. The molecule has 2 amide bonds. The number of hydrogen-bond acceptors (Lipinski definition) is 5. The van der Waals surface area contributed by atoms with Crippen LogP contribution in [0.5, 0.6) is 0 Å². The van der Waals surface area contributed by atoms with Gasteiger partial charge in [0.05, 0.1) is 25.7 Å². The highest BCUT2D eigenvalue weighted by atomic mass is 32.1. The number of likely N-dealkylation sites (N-methyl/N-ethyl adjacent to an activating group) is 1. The maximum absolute atomic E-state index is 12.8. The predicted octanol–water partition coefficient (Wildman–Crippen LogP) is 3.96. The van der Waals surface area contributed by atoms with E-state index in [0.717, 1.165) is 15.3 Å². The van der Waals surface area contributed by atoms with Gasteiger partial charge < -0.3 is 10.6 Å². The molecule has 0 spiro atoms. The van der Waals surface area contributed by atoms with Crippen molar-refractivity contribution in [3.63, 3.8) is 0 Å². The number of carbonyl (C=O) groups excluding carboxylic acids is 2. The molecule has 0 saturated heterocycles. The lowest BCUT2D eigenvalue weighted by Crippen LogP contribution is -2.43. The van der Waals surface area contributed by atoms with Gasteiger partial charge in [0, 0.05) is 9.75 Å². The topological polar surface area (TPSA) is 61.4 Å². The first-order chi connectivity index (χ1) is 14.5. The zero-order chi connectivity index (χ0) is 21.3. The van der Waals surface area contributed by atoms with Gasteiger partial charge >= 0.3 is 0 Å². The van der Waals surface area contributed by atoms with Crippen LogP contribution in [0.15, 0.2) is 59.3 Å². The molecule has 30 heavy (non-hydrogen) atoms. The molecule has 0 aliphatic rings. The van der Waals surface area contributed by atoms with E-state index in [4.69, 9.17) is 0 Å². The van der Waals surface area contributed by atoms with Crippen molar-refractivity contribution in [2.45, 2.75) is 26.4 Å². The van der Waals surface area contributed by atoms with E-state index < -0.39 is 0 Å². The summed E-state index contributed by atoms with van der Waals surface area (Å²) in [6, 6.07) is 16.0. The Kier molecular flexibility index (Phi) is 8.19. The lowest BCUT2D eigenvalue weighted by Gasteiger charge is -2.23. The lowest BCUT2D eigenvalue weighted by molar-refractivity contribution is -0.125. The number of amides is 2. The monoisotopic (exact) mass is 441 g/mol. The number of thiophene rings is 2. The largest absolute Gasteiger partial charge is 0.350 e. The first-order valence-electron chi connectivity index (χ1n) is 9.96. The van der Waals surface area contributed by atoms with E-state index in [1.54, 1.807) is 22.7 Å². The number of nitrogens with zero attached hydrogens (tertiary/aromatic N) is 1. The molecular weight excluding hydrogens is 414 g/mol. The fraction of sp³-hybridized carbons (Fsp3) is 0.304. The summed E-state index contributed by atoms with van der Waals surface area (Å²) in [5.74, 6) is -0.173. The van der Waals surface area contributed by atoms with Crippen LogP contribution in [0.1, 0.15) is 33.8 Å². The molecule has 0 radical (unpaired) electrons. The first-order valence-corrected chi connectivity index (χ1v) is 11.7. The average molecular weight is 442 g/mol. The molecule has 1 atom stereocenters. The molecule has 2 N–H and O–H groups in total. The van der Waals surface area contributed by atoms with Crippen LogP contribution < -0.4 is 10.6 Å². The normalized spacial score (nSPS) is 12.0. The number of hydrogen-bond donors (Lipinski definition) is 2. The lowest BCUT2D eigenvalue weighted by atomic mass is 10.0. The maximum Gasteiger partial charge on any atom is 0.234 e. The van der Waals surface area contributed by atoms with E-state index in [1.807, 2.05) is 53.8 Å². The molecule has 0 saturated carbocycles. The van der Waals surface area contributed by atoms with E-state index in [0.29, 0.717) is 13.1 Å². The minimum Gasteiger partial charge on any atom is -0.350 e. The second-order valence-corrected chi connectivity index (χ2v) is 9.10. The molecular formula is C23H27N3O2S2. The summed E-state index contributed by atoms with van der Waals surface area (Å²) >= 11 is 3.23. The Morgan fingerprint density at radius 3 is 2.30 bits per heavy atom. The van der Waals surface area contributed by atoms with E-state index in [-0.39, 0.29) is 30.9 Å². The Bertz CT molecular complexity index is 922. The quantitative estimate of drug-likeness (QED) is 0.501. The third kappa shape index (κ3) is 6.52. The number of aryl methyl sites for hydroxylation is 1. The zero-order valence-electron chi connectivity index (χ0n) is 17.3. The van der Waals surface area contributed by atoms with Crippen LogP contribution in [0, 0.1) is 6.92 Å². The molecule has 3 rings (SSSR count). The van der Waals surface area contributed by atoms with Crippen LogP contribution in [0.3, 0.4) is 0 Å². The Balaban J connectivity index is 1.57. The third-order valence-corrected chi connectivity index (χ3v) is 6.58. The van der Waals surface area contributed by atoms with E-state index in [9.17, 15) is 9.59 Å². The van der Waals surface area contributed by atoms with Crippen molar-refractivity contribution >= 4 is 34.5 Å². The smallest absolute Gasteiger partial charge is 0.234 e. The van der Waals surface area contributed by atoms with Crippen LogP contribution in [0.2, 0.25) is 0 Å². The average Bonchev–Trinajstić information content (AvgIpc) is 3.45. The predicted molar refractivity (Wildman–Crippen MR) is 124 cm³/mol. The number of nitrogens with one attached hydrogen (secondary N) is 2. The van der Waals surface area contributed by atoms with Gasteiger partial charge in [0.15, 0.2) is 0 Å². The summed E-state index contributed by atoms with van der Waals surface area (Å²) in [5, 5.41) is 10.1. The maximum atomic E-state index is 12.8. The SMILES string of the molecule is CCN(CC(=O)NCc1cccs1)CC(=O)N[C@@H](c1ccc(C)cc1)c1cccs1. The molecule has 1 aromatic carbocycles. The molecule has 0 fully saturated rings. The van der Waals surface area contributed by atoms with Crippen molar-refractivity contribution in [3.05, 3.63) is 80.2 Å². The van der Waals surface area contributed by atoms with Gasteiger partial charge in [0.25, 0.3) is 0 Å². The van der Waals surface area contributed by atoms with Gasteiger partial charge in [-0.05, 0) is 41.9 Å². The summed E-state index contributed by atoms with van der Waals surface area (Å²) in [7, 11) is 0.